The third kappa shape index (κ3) is 2.43. The molecule has 0 unspecified atom stereocenters. The lowest BCUT2D eigenvalue weighted by molar-refractivity contribution is 0.455. The second-order valence-corrected chi connectivity index (χ2v) is 3.22. The molecule has 0 atom stereocenters. The number of nitrogen functional groups attached to an aromatic ring is 1. The van der Waals surface area contributed by atoms with Crippen molar-refractivity contribution in [1.29, 1.82) is 0 Å². The SMILES string of the molecule is Cc1cccc(Oc2ccc(N)nn2)c1. The minimum absolute atomic E-state index is 0.381. The van der Waals surface area contributed by atoms with Gasteiger partial charge in [0.2, 0.25) is 5.88 Å². The van der Waals surface area contributed by atoms with Gasteiger partial charge in [0.05, 0.1) is 0 Å². The summed E-state index contributed by atoms with van der Waals surface area (Å²) in [4.78, 5) is 0. The Kier molecular flexibility index (Phi) is 2.49. The average molecular weight is 201 g/mol. The Morgan fingerprint density at radius 1 is 1.13 bits per heavy atom. The third-order valence-electron chi connectivity index (χ3n) is 1.87. The molecule has 0 aliphatic heterocycles. The molecule has 0 aliphatic rings. The van der Waals surface area contributed by atoms with E-state index in [2.05, 4.69) is 10.2 Å². The highest BCUT2D eigenvalue weighted by Gasteiger charge is 1.98. The largest absolute Gasteiger partial charge is 0.438 e. The van der Waals surface area contributed by atoms with E-state index in [1.165, 1.54) is 0 Å². The molecule has 1 aromatic carbocycles. The van der Waals surface area contributed by atoms with Crippen molar-refractivity contribution in [3.8, 4) is 11.6 Å². The van der Waals surface area contributed by atoms with Crippen molar-refractivity contribution in [2.45, 2.75) is 6.92 Å². The quantitative estimate of drug-likeness (QED) is 0.808. The number of hydrogen-bond acceptors (Lipinski definition) is 4. The Hall–Kier alpha value is -2.10. The Bertz CT molecular complexity index is 454. The number of aromatic nitrogens is 2. The number of hydrogen-bond donors (Lipinski definition) is 1. The molecule has 0 spiro atoms. The van der Waals surface area contributed by atoms with E-state index < -0.39 is 0 Å². The molecule has 0 bridgehead atoms. The fraction of sp³-hybridized carbons (Fsp3) is 0.0909. The van der Waals surface area contributed by atoms with Crippen LogP contribution in [-0.2, 0) is 0 Å². The first-order valence-corrected chi connectivity index (χ1v) is 4.58. The van der Waals surface area contributed by atoms with Crippen LogP contribution in [-0.4, -0.2) is 10.2 Å². The maximum Gasteiger partial charge on any atom is 0.238 e. The number of rotatable bonds is 2. The Morgan fingerprint density at radius 2 is 2.00 bits per heavy atom. The Morgan fingerprint density at radius 3 is 2.67 bits per heavy atom. The van der Waals surface area contributed by atoms with Crippen molar-refractivity contribution < 1.29 is 4.74 Å². The minimum Gasteiger partial charge on any atom is -0.438 e. The smallest absolute Gasteiger partial charge is 0.238 e. The van der Waals surface area contributed by atoms with Gasteiger partial charge >= 0.3 is 0 Å². The van der Waals surface area contributed by atoms with Gasteiger partial charge in [-0.15, -0.1) is 10.2 Å². The van der Waals surface area contributed by atoms with Gasteiger partial charge in [0, 0.05) is 6.07 Å². The summed E-state index contributed by atoms with van der Waals surface area (Å²) >= 11 is 0. The fourth-order valence-corrected chi connectivity index (χ4v) is 1.18. The molecule has 0 saturated carbocycles. The molecule has 2 N–H and O–H groups in total. The molecular weight excluding hydrogens is 190 g/mol. The highest BCUT2D eigenvalue weighted by Crippen LogP contribution is 2.19. The predicted molar refractivity (Wildman–Crippen MR) is 57.7 cm³/mol. The summed E-state index contributed by atoms with van der Waals surface area (Å²) in [5.41, 5.74) is 6.55. The predicted octanol–water partition coefficient (Wildman–Crippen LogP) is 2.16. The first-order chi connectivity index (χ1) is 7.24. The van der Waals surface area contributed by atoms with Gasteiger partial charge in [0.15, 0.2) is 0 Å². The van der Waals surface area contributed by atoms with Gasteiger partial charge in [0.1, 0.15) is 11.6 Å². The first-order valence-electron chi connectivity index (χ1n) is 4.58. The molecule has 76 valence electrons. The number of benzene rings is 1. The summed E-state index contributed by atoms with van der Waals surface area (Å²) in [6.45, 7) is 2.00. The van der Waals surface area contributed by atoms with Crippen LogP contribution in [0.1, 0.15) is 5.56 Å². The van der Waals surface area contributed by atoms with Crippen LogP contribution in [0.15, 0.2) is 36.4 Å². The zero-order valence-electron chi connectivity index (χ0n) is 8.34. The van der Waals surface area contributed by atoms with Gasteiger partial charge in [-0.05, 0) is 30.7 Å². The summed E-state index contributed by atoms with van der Waals surface area (Å²) in [5.74, 6) is 1.57. The van der Waals surface area contributed by atoms with E-state index in [1.807, 2.05) is 31.2 Å². The third-order valence-corrected chi connectivity index (χ3v) is 1.87. The van der Waals surface area contributed by atoms with Gasteiger partial charge in [-0.25, -0.2) is 0 Å². The minimum atomic E-state index is 0.381. The van der Waals surface area contributed by atoms with Crippen LogP contribution in [0.2, 0.25) is 0 Å². The summed E-state index contributed by atoms with van der Waals surface area (Å²) < 4.78 is 5.48. The van der Waals surface area contributed by atoms with E-state index in [1.54, 1.807) is 12.1 Å². The molecule has 4 nitrogen and oxygen atoms in total. The number of nitrogens with zero attached hydrogens (tertiary/aromatic N) is 2. The van der Waals surface area contributed by atoms with E-state index >= 15 is 0 Å². The molecule has 0 fully saturated rings. The zero-order chi connectivity index (χ0) is 10.7. The van der Waals surface area contributed by atoms with Gasteiger partial charge in [-0.3, -0.25) is 0 Å². The van der Waals surface area contributed by atoms with E-state index in [0.29, 0.717) is 11.7 Å². The van der Waals surface area contributed by atoms with Crippen molar-refractivity contribution in [2.75, 3.05) is 5.73 Å². The van der Waals surface area contributed by atoms with Crippen LogP contribution in [0.3, 0.4) is 0 Å². The average Bonchev–Trinajstić information content (AvgIpc) is 2.22. The lowest BCUT2D eigenvalue weighted by Gasteiger charge is -2.04. The lowest BCUT2D eigenvalue weighted by Crippen LogP contribution is -1.94. The molecule has 0 radical (unpaired) electrons. The van der Waals surface area contributed by atoms with Crippen molar-refractivity contribution in [1.82, 2.24) is 10.2 Å². The monoisotopic (exact) mass is 201 g/mol. The van der Waals surface area contributed by atoms with E-state index in [4.69, 9.17) is 10.5 Å². The Balaban J connectivity index is 2.18. The van der Waals surface area contributed by atoms with Crippen LogP contribution in [0.25, 0.3) is 0 Å². The summed E-state index contributed by atoms with van der Waals surface area (Å²) in [7, 11) is 0. The molecule has 2 aromatic rings. The van der Waals surface area contributed by atoms with Crippen LogP contribution >= 0.6 is 0 Å². The molecule has 2 rings (SSSR count). The van der Waals surface area contributed by atoms with Crippen molar-refractivity contribution >= 4 is 5.82 Å². The van der Waals surface area contributed by atoms with Crippen molar-refractivity contribution in [3.05, 3.63) is 42.0 Å². The number of aryl methyl sites for hydroxylation is 1. The van der Waals surface area contributed by atoms with E-state index in [0.717, 1.165) is 11.3 Å². The van der Waals surface area contributed by atoms with Crippen LogP contribution in [0, 0.1) is 6.92 Å². The molecular formula is C11H11N3O. The van der Waals surface area contributed by atoms with Gasteiger partial charge < -0.3 is 10.5 Å². The molecule has 1 heterocycles. The number of anilines is 1. The second kappa shape index (κ2) is 3.96. The normalized spacial score (nSPS) is 9.93. The summed E-state index contributed by atoms with van der Waals surface area (Å²) in [6, 6.07) is 11.1. The Labute approximate surface area is 87.7 Å². The molecule has 4 heteroatoms. The highest BCUT2D eigenvalue weighted by atomic mass is 16.5. The maximum atomic E-state index is 5.48. The second-order valence-electron chi connectivity index (χ2n) is 3.22. The van der Waals surface area contributed by atoms with Gasteiger partial charge in [-0.1, -0.05) is 12.1 Å². The fourth-order valence-electron chi connectivity index (χ4n) is 1.18. The van der Waals surface area contributed by atoms with Gasteiger partial charge in [0.25, 0.3) is 0 Å². The van der Waals surface area contributed by atoms with Gasteiger partial charge in [-0.2, -0.15) is 0 Å². The molecule has 0 aliphatic carbocycles. The zero-order valence-corrected chi connectivity index (χ0v) is 8.34. The van der Waals surface area contributed by atoms with Crippen LogP contribution < -0.4 is 10.5 Å². The molecule has 0 amide bonds. The number of nitrogens with two attached hydrogens (primary N) is 1. The molecule has 15 heavy (non-hydrogen) atoms. The maximum absolute atomic E-state index is 5.48. The van der Waals surface area contributed by atoms with Crippen LogP contribution in [0.5, 0.6) is 11.6 Å². The van der Waals surface area contributed by atoms with E-state index in [9.17, 15) is 0 Å². The molecule has 1 aromatic heterocycles. The summed E-state index contributed by atoms with van der Waals surface area (Å²) in [6.07, 6.45) is 0. The molecule has 0 saturated heterocycles. The van der Waals surface area contributed by atoms with Crippen molar-refractivity contribution in [2.24, 2.45) is 0 Å². The number of ether oxygens (including phenoxy) is 1. The van der Waals surface area contributed by atoms with Crippen molar-refractivity contribution in [3.63, 3.8) is 0 Å². The standard InChI is InChI=1S/C11H11N3O/c1-8-3-2-4-9(7-8)15-11-6-5-10(12)13-14-11/h2-7H,1H3,(H2,12,13). The summed E-state index contributed by atoms with van der Waals surface area (Å²) in [5, 5.41) is 7.51. The topological polar surface area (TPSA) is 61.0 Å². The lowest BCUT2D eigenvalue weighted by atomic mass is 10.2. The highest BCUT2D eigenvalue weighted by molar-refractivity contribution is 5.32. The van der Waals surface area contributed by atoms with Crippen LogP contribution in [0.4, 0.5) is 5.82 Å². The van der Waals surface area contributed by atoms with E-state index in [-0.39, 0.29) is 0 Å². The first kappa shape index (κ1) is 9.45.